The van der Waals surface area contributed by atoms with E-state index < -0.39 is 26.1 Å². The number of sulfonamides is 1. The zero-order chi connectivity index (χ0) is 26.7. The van der Waals surface area contributed by atoms with Crippen molar-refractivity contribution in [1.29, 1.82) is 0 Å². The van der Waals surface area contributed by atoms with Gasteiger partial charge in [0.1, 0.15) is 5.75 Å². The minimum absolute atomic E-state index is 0.0125. The van der Waals surface area contributed by atoms with E-state index in [1.165, 1.54) is 76.8 Å². The third-order valence-corrected chi connectivity index (χ3v) is 8.53. The van der Waals surface area contributed by atoms with Gasteiger partial charge < -0.3 is 10.1 Å². The molecule has 3 aromatic carbocycles. The van der Waals surface area contributed by atoms with E-state index in [2.05, 4.69) is 10.0 Å². The van der Waals surface area contributed by atoms with Gasteiger partial charge in [0.2, 0.25) is 0 Å². The molecule has 0 heterocycles. The molecule has 1 amide bonds. The number of carbonyl (C=O) groups excluding carboxylic acids is 1. The monoisotopic (exact) mass is 532 g/mol. The third-order valence-electron chi connectivity index (χ3n) is 5.32. The highest BCUT2D eigenvalue weighted by atomic mass is 32.2. The first-order valence-electron chi connectivity index (χ1n) is 10.7. The first kappa shape index (κ1) is 27.0. The molecule has 12 heteroatoms. The van der Waals surface area contributed by atoms with Gasteiger partial charge in [0.05, 0.1) is 23.4 Å². The molecule has 3 aromatic rings. The highest BCUT2D eigenvalue weighted by Gasteiger charge is 2.21. The van der Waals surface area contributed by atoms with Crippen molar-refractivity contribution < 1.29 is 26.4 Å². The summed E-state index contributed by atoms with van der Waals surface area (Å²) >= 11 is 0. The predicted octanol–water partition coefficient (Wildman–Crippen LogP) is 3.30. The van der Waals surface area contributed by atoms with Crippen LogP contribution in [0.2, 0.25) is 0 Å². The average molecular weight is 533 g/mol. The van der Waals surface area contributed by atoms with Crippen LogP contribution in [-0.4, -0.2) is 55.3 Å². The Morgan fingerprint density at radius 1 is 0.861 bits per heavy atom. The van der Waals surface area contributed by atoms with Gasteiger partial charge in [-0.15, -0.1) is 0 Å². The Morgan fingerprint density at radius 2 is 1.47 bits per heavy atom. The zero-order valence-electron chi connectivity index (χ0n) is 20.5. The van der Waals surface area contributed by atoms with Gasteiger partial charge in [0.15, 0.2) is 0 Å². The molecule has 0 radical (unpaired) electrons. The molecule has 3 rings (SSSR count). The summed E-state index contributed by atoms with van der Waals surface area (Å²) in [5.41, 5.74) is 2.28. The number of amides is 1. The summed E-state index contributed by atoms with van der Waals surface area (Å²) in [6.07, 6.45) is 0. The molecular weight excluding hydrogens is 504 g/mol. The number of methoxy groups -OCH3 is 1. The van der Waals surface area contributed by atoms with E-state index in [4.69, 9.17) is 4.74 Å². The molecule has 36 heavy (non-hydrogen) atoms. The first-order valence-corrected chi connectivity index (χ1v) is 13.6. The molecule has 0 aliphatic heterocycles. The standard InChI is InChI=1S/C24H28N4O6S2/c1-17-6-15-23(34-5)22(16-17)26-35(30,31)21-13-9-19(10-14-21)25-24(29)18-7-11-20(12-8-18)28(4)36(32,33)27(2)3/h6-16,26H,1-5H3,(H,25,29). The van der Waals surface area contributed by atoms with E-state index in [1.54, 1.807) is 12.1 Å². The number of aryl methyl sites for hydroxylation is 1. The highest BCUT2D eigenvalue weighted by molar-refractivity contribution is 7.92. The maximum absolute atomic E-state index is 12.8. The molecule has 2 N–H and O–H groups in total. The first-order chi connectivity index (χ1) is 16.8. The van der Waals surface area contributed by atoms with E-state index in [0.717, 1.165) is 14.2 Å². The number of anilines is 3. The fourth-order valence-electron chi connectivity index (χ4n) is 3.23. The second kappa shape index (κ2) is 10.6. The SMILES string of the molecule is COc1ccc(C)cc1NS(=O)(=O)c1ccc(NC(=O)c2ccc(N(C)S(=O)(=O)N(C)C)cc2)cc1. The Balaban J connectivity index is 1.71. The van der Waals surface area contributed by atoms with Gasteiger partial charge in [0.25, 0.3) is 15.9 Å². The fraction of sp³-hybridized carbons (Fsp3) is 0.208. The van der Waals surface area contributed by atoms with E-state index >= 15 is 0 Å². The fourth-order valence-corrected chi connectivity index (χ4v) is 5.17. The van der Waals surface area contributed by atoms with Crippen LogP contribution in [0, 0.1) is 6.92 Å². The topological polar surface area (TPSA) is 125 Å². The van der Waals surface area contributed by atoms with E-state index in [1.807, 2.05) is 13.0 Å². The van der Waals surface area contributed by atoms with Gasteiger partial charge >= 0.3 is 10.2 Å². The molecule has 0 fully saturated rings. The van der Waals surface area contributed by atoms with Crippen molar-refractivity contribution in [2.24, 2.45) is 0 Å². The van der Waals surface area contributed by atoms with Crippen LogP contribution < -0.4 is 19.1 Å². The summed E-state index contributed by atoms with van der Waals surface area (Å²) in [5, 5.41) is 2.70. The van der Waals surface area contributed by atoms with Gasteiger partial charge in [-0.05, 0) is 73.2 Å². The van der Waals surface area contributed by atoms with Crippen molar-refractivity contribution in [3.8, 4) is 5.75 Å². The smallest absolute Gasteiger partial charge is 0.303 e. The minimum atomic E-state index is -3.89. The average Bonchev–Trinajstić information content (AvgIpc) is 2.83. The summed E-state index contributed by atoms with van der Waals surface area (Å²) in [5.74, 6) is -0.0394. The third kappa shape index (κ3) is 5.96. The Kier molecular flexibility index (Phi) is 7.92. The van der Waals surface area contributed by atoms with Gasteiger partial charge in [-0.25, -0.2) is 8.42 Å². The predicted molar refractivity (Wildman–Crippen MR) is 140 cm³/mol. The van der Waals surface area contributed by atoms with Crippen LogP contribution in [-0.2, 0) is 20.2 Å². The van der Waals surface area contributed by atoms with Gasteiger partial charge in [-0.3, -0.25) is 13.8 Å². The van der Waals surface area contributed by atoms with Crippen LogP contribution in [0.15, 0.2) is 71.6 Å². The number of hydrogen-bond donors (Lipinski definition) is 2. The maximum atomic E-state index is 12.8. The number of carbonyl (C=O) groups is 1. The van der Waals surface area contributed by atoms with Crippen molar-refractivity contribution in [3.63, 3.8) is 0 Å². The molecule has 0 spiro atoms. The van der Waals surface area contributed by atoms with Crippen molar-refractivity contribution in [2.75, 3.05) is 42.6 Å². The lowest BCUT2D eigenvalue weighted by molar-refractivity contribution is 0.102. The van der Waals surface area contributed by atoms with Gasteiger partial charge in [-0.2, -0.15) is 12.7 Å². The second-order valence-electron chi connectivity index (χ2n) is 8.09. The lowest BCUT2D eigenvalue weighted by Gasteiger charge is -2.23. The highest BCUT2D eigenvalue weighted by Crippen LogP contribution is 2.28. The summed E-state index contributed by atoms with van der Waals surface area (Å²) in [7, 11) is -1.80. The van der Waals surface area contributed by atoms with Crippen LogP contribution in [0.4, 0.5) is 17.1 Å². The van der Waals surface area contributed by atoms with Crippen molar-refractivity contribution in [1.82, 2.24) is 4.31 Å². The van der Waals surface area contributed by atoms with Crippen LogP contribution >= 0.6 is 0 Å². The molecule has 0 saturated heterocycles. The Hall–Kier alpha value is -3.61. The molecule has 0 saturated carbocycles. The van der Waals surface area contributed by atoms with Crippen LogP contribution in [0.3, 0.4) is 0 Å². The zero-order valence-corrected chi connectivity index (χ0v) is 22.1. The molecule has 192 valence electrons. The lowest BCUT2D eigenvalue weighted by Crippen LogP contribution is -2.37. The van der Waals surface area contributed by atoms with E-state index in [9.17, 15) is 21.6 Å². The number of ether oxygens (including phenoxy) is 1. The number of hydrogen-bond acceptors (Lipinski definition) is 6. The molecule has 0 aromatic heterocycles. The molecule has 0 atom stereocenters. The number of nitrogens with zero attached hydrogens (tertiary/aromatic N) is 2. The summed E-state index contributed by atoms with van der Waals surface area (Å²) in [4.78, 5) is 12.6. The Labute approximate surface area is 211 Å². The van der Waals surface area contributed by atoms with E-state index in [0.29, 0.717) is 28.4 Å². The summed E-state index contributed by atoms with van der Waals surface area (Å²) < 4.78 is 60.1. The van der Waals surface area contributed by atoms with Crippen LogP contribution in [0.25, 0.3) is 0 Å². The van der Waals surface area contributed by atoms with Crippen molar-refractivity contribution >= 4 is 43.2 Å². The Morgan fingerprint density at radius 3 is 2.03 bits per heavy atom. The second-order valence-corrected chi connectivity index (χ2v) is 11.9. The minimum Gasteiger partial charge on any atom is -0.495 e. The van der Waals surface area contributed by atoms with E-state index in [-0.39, 0.29) is 4.90 Å². The molecule has 0 aliphatic carbocycles. The number of nitrogens with one attached hydrogen (secondary N) is 2. The lowest BCUT2D eigenvalue weighted by atomic mass is 10.2. The summed E-state index contributed by atoms with van der Waals surface area (Å²) in [6.45, 7) is 1.84. The normalized spacial score (nSPS) is 11.7. The van der Waals surface area contributed by atoms with Crippen molar-refractivity contribution in [3.05, 3.63) is 77.9 Å². The number of rotatable bonds is 9. The molecule has 0 aliphatic rings. The van der Waals surface area contributed by atoms with Crippen LogP contribution in [0.5, 0.6) is 5.75 Å². The number of benzene rings is 3. The molecule has 0 unspecified atom stereocenters. The molecule has 10 nitrogen and oxygen atoms in total. The maximum Gasteiger partial charge on any atom is 0.303 e. The van der Waals surface area contributed by atoms with Gasteiger partial charge in [0, 0.05) is 32.4 Å². The van der Waals surface area contributed by atoms with Crippen LogP contribution in [0.1, 0.15) is 15.9 Å². The largest absolute Gasteiger partial charge is 0.495 e. The molecular formula is C24H28N4O6S2. The Bertz CT molecular complexity index is 1450. The van der Waals surface area contributed by atoms with Gasteiger partial charge in [-0.1, -0.05) is 6.07 Å². The quantitative estimate of drug-likeness (QED) is 0.436. The summed E-state index contributed by atoms with van der Waals surface area (Å²) in [6, 6.07) is 16.9. The molecule has 0 bridgehead atoms. The van der Waals surface area contributed by atoms with Crippen molar-refractivity contribution in [2.45, 2.75) is 11.8 Å².